The number of hydrogen-bond acceptors (Lipinski definition) is 2. The van der Waals surface area contributed by atoms with Crippen LogP contribution in [-0.2, 0) is 13.0 Å². The zero-order valence-corrected chi connectivity index (χ0v) is 13.0. The Hall–Kier alpha value is -1.87. The van der Waals surface area contributed by atoms with Crippen LogP contribution in [0.25, 0.3) is 11.3 Å². The van der Waals surface area contributed by atoms with Gasteiger partial charge in [0.1, 0.15) is 0 Å². The molecule has 21 heavy (non-hydrogen) atoms. The minimum absolute atomic E-state index is 0.0269. The molecule has 0 atom stereocenters. The Morgan fingerprint density at radius 1 is 1.10 bits per heavy atom. The highest BCUT2D eigenvalue weighted by Gasteiger charge is 2.13. The second kappa shape index (κ2) is 6.72. The molecule has 2 aromatic rings. The summed E-state index contributed by atoms with van der Waals surface area (Å²) in [5, 5.41) is -0.710. The van der Waals surface area contributed by atoms with Crippen LogP contribution in [-0.4, -0.2) is 9.81 Å². The molecule has 0 N–H and O–H groups in total. The van der Waals surface area contributed by atoms with Gasteiger partial charge in [0.2, 0.25) is 0 Å². The number of benzene rings is 1. The van der Waals surface area contributed by atoms with Crippen molar-refractivity contribution in [1.29, 1.82) is 0 Å². The number of carbonyl (C=O) groups is 1. The van der Waals surface area contributed by atoms with Gasteiger partial charge in [0.05, 0.1) is 11.3 Å². The lowest BCUT2D eigenvalue weighted by Crippen LogP contribution is -2.26. The number of hydrogen-bond donors (Lipinski definition) is 0. The molecule has 1 aromatic heterocycles. The summed E-state index contributed by atoms with van der Waals surface area (Å²) in [5.74, 6) is 0. The fraction of sp³-hybridized carbons (Fsp3) is 0.294. The van der Waals surface area contributed by atoms with Crippen molar-refractivity contribution in [2.24, 2.45) is 0 Å². The molecule has 0 unspecified atom stereocenters. The zero-order chi connectivity index (χ0) is 15.4. The average molecular weight is 304 g/mol. The van der Waals surface area contributed by atoms with E-state index in [1.807, 2.05) is 19.1 Å². The third kappa shape index (κ3) is 3.24. The van der Waals surface area contributed by atoms with Crippen LogP contribution in [0.1, 0.15) is 36.2 Å². The standard InChI is InChI=1S/C17H18ClNO2/c1-3-11-19-15(10-9-14(16(18)20)17(19)21)13-7-5-12(4-2)6-8-13/h5-10H,3-4,11H2,1-2H3. The number of nitrogens with zero attached hydrogens (tertiary/aromatic N) is 1. The predicted octanol–water partition coefficient (Wildman–Crippen LogP) is 3.87. The number of rotatable bonds is 5. The minimum atomic E-state index is -0.710. The maximum atomic E-state index is 12.4. The van der Waals surface area contributed by atoms with Gasteiger partial charge in [-0.3, -0.25) is 9.59 Å². The fourth-order valence-corrected chi connectivity index (χ4v) is 2.48. The first kappa shape index (κ1) is 15.5. The van der Waals surface area contributed by atoms with Gasteiger partial charge in [-0.05, 0) is 47.7 Å². The second-order valence-electron chi connectivity index (χ2n) is 4.91. The Balaban J connectivity index is 2.59. The molecule has 1 heterocycles. The van der Waals surface area contributed by atoms with E-state index in [9.17, 15) is 9.59 Å². The van der Waals surface area contributed by atoms with E-state index in [0.29, 0.717) is 6.54 Å². The maximum absolute atomic E-state index is 12.4. The normalized spacial score (nSPS) is 10.6. The Labute approximate surface area is 129 Å². The first-order valence-electron chi connectivity index (χ1n) is 7.11. The van der Waals surface area contributed by atoms with Gasteiger partial charge in [0.25, 0.3) is 10.8 Å². The van der Waals surface area contributed by atoms with Crippen molar-refractivity contribution < 1.29 is 4.79 Å². The van der Waals surface area contributed by atoms with E-state index in [0.717, 1.165) is 24.1 Å². The molecule has 0 amide bonds. The molecule has 110 valence electrons. The number of carbonyl (C=O) groups excluding carboxylic acids is 1. The fourth-order valence-electron chi connectivity index (χ4n) is 2.34. The first-order chi connectivity index (χ1) is 10.1. The Morgan fingerprint density at radius 3 is 2.29 bits per heavy atom. The van der Waals surface area contributed by atoms with Gasteiger partial charge in [0.15, 0.2) is 0 Å². The topological polar surface area (TPSA) is 39.1 Å². The van der Waals surface area contributed by atoms with Gasteiger partial charge >= 0.3 is 0 Å². The van der Waals surface area contributed by atoms with E-state index in [4.69, 9.17) is 11.6 Å². The summed E-state index contributed by atoms with van der Waals surface area (Å²) in [7, 11) is 0. The minimum Gasteiger partial charge on any atom is -0.308 e. The Kier molecular flexibility index (Phi) is 4.97. The molecule has 4 heteroatoms. The summed E-state index contributed by atoms with van der Waals surface area (Å²) >= 11 is 5.47. The Bertz CT molecular complexity index is 702. The van der Waals surface area contributed by atoms with Crippen molar-refractivity contribution >= 4 is 16.8 Å². The molecule has 3 nitrogen and oxygen atoms in total. The van der Waals surface area contributed by atoms with Crippen LogP contribution in [0, 0.1) is 0 Å². The van der Waals surface area contributed by atoms with Crippen molar-refractivity contribution in [2.45, 2.75) is 33.2 Å². The van der Waals surface area contributed by atoms with Gasteiger partial charge < -0.3 is 4.57 Å². The Morgan fingerprint density at radius 2 is 1.76 bits per heavy atom. The van der Waals surface area contributed by atoms with E-state index < -0.39 is 5.24 Å². The quantitative estimate of drug-likeness (QED) is 0.787. The van der Waals surface area contributed by atoms with Gasteiger partial charge in [-0.1, -0.05) is 38.1 Å². The SMILES string of the molecule is CCCn1c(-c2ccc(CC)cc2)ccc(C(=O)Cl)c1=O. The monoisotopic (exact) mass is 303 g/mol. The molecule has 0 saturated heterocycles. The summed E-state index contributed by atoms with van der Waals surface area (Å²) in [4.78, 5) is 23.7. The van der Waals surface area contributed by atoms with Crippen LogP contribution in [0.4, 0.5) is 0 Å². The maximum Gasteiger partial charge on any atom is 0.263 e. The number of halogens is 1. The van der Waals surface area contributed by atoms with Crippen LogP contribution < -0.4 is 5.56 Å². The van der Waals surface area contributed by atoms with E-state index >= 15 is 0 Å². The number of pyridine rings is 1. The van der Waals surface area contributed by atoms with Gasteiger partial charge in [-0.15, -0.1) is 0 Å². The van der Waals surface area contributed by atoms with Crippen LogP contribution in [0.5, 0.6) is 0 Å². The van der Waals surface area contributed by atoms with Crippen molar-refractivity contribution in [3.8, 4) is 11.3 Å². The van der Waals surface area contributed by atoms with E-state index in [1.54, 1.807) is 10.6 Å². The van der Waals surface area contributed by atoms with Crippen molar-refractivity contribution in [1.82, 2.24) is 4.57 Å². The molecule has 1 aromatic carbocycles. The molecular formula is C17H18ClNO2. The summed E-state index contributed by atoms with van der Waals surface area (Å²) in [6.45, 7) is 4.65. The lowest BCUT2D eigenvalue weighted by Gasteiger charge is -2.13. The van der Waals surface area contributed by atoms with E-state index in [-0.39, 0.29) is 11.1 Å². The van der Waals surface area contributed by atoms with Crippen LogP contribution in [0.15, 0.2) is 41.2 Å². The third-order valence-corrected chi connectivity index (χ3v) is 3.69. The summed E-state index contributed by atoms with van der Waals surface area (Å²) in [6.07, 6.45) is 1.78. The van der Waals surface area contributed by atoms with Crippen LogP contribution in [0.2, 0.25) is 0 Å². The van der Waals surface area contributed by atoms with Crippen molar-refractivity contribution in [3.05, 3.63) is 57.9 Å². The average Bonchev–Trinajstić information content (AvgIpc) is 2.49. The molecule has 0 radical (unpaired) electrons. The molecular weight excluding hydrogens is 286 g/mol. The van der Waals surface area contributed by atoms with Gasteiger partial charge in [-0.2, -0.15) is 0 Å². The molecule has 0 aliphatic carbocycles. The highest BCUT2D eigenvalue weighted by atomic mass is 35.5. The van der Waals surface area contributed by atoms with Crippen LogP contribution >= 0.6 is 11.6 Å². The molecule has 0 bridgehead atoms. The lowest BCUT2D eigenvalue weighted by atomic mass is 10.1. The van der Waals surface area contributed by atoms with Crippen LogP contribution in [0.3, 0.4) is 0 Å². The van der Waals surface area contributed by atoms with Gasteiger partial charge in [0, 0.05) is 6.54 Å². The third-order valence-electron chi connectivity index (χ3n) is 3.49. The molecule has 0 aliphatic heterocycles. The number of aryl methyl sites for hydroxylation is 1. The molecule has 0 spiro atoms. The highest BCUT2D eigenvalue weighted by Crippen LogP contribution is 2.20. The van der Waals surface area contributed by atoms with E-state index in [2.05, 4.69) is 19.1 Å². The molecule has 0 aliphatic rings. The van der Waals surface area contributed by atoms with Gasteiger partial charge in [-0.25, -0.2) is 0 Å². The molecule has 0 saturated carbocycles. The second-order valence-corrected chi connectivity index (χ2v) is 5.26. The zero-order valence-electron chi connectivity index (χ0n) is 12.2. The molecule has 2 rings (SSSR count). The largest absolute Gasteiger partial charge is 0.308 e. The van der Waals surface area contributed by atoms with E-state index in [1.165, 1.54) is 11.6 Å². The highest BCUT2D eigenvalue weighted by molar-refractivity contribution is 6.67. The lowest BCUT2D eigenvalue weighted by molar-refractivity contribution is 0.107. The van der Waals surface area contributed by atoms with Crippen molar-refractivity contribution in [2.75, 3.05) is 0 Å². The summed E-state index contributed by atoms with van der Waals surface area (Å²) < 4.78 is 1.62. The summed E-state index contributed by atoms with van der Waals surface area (Å²) in [5.41, 5.74) is 2.72. The van der Waals surface area contributed by atoms with Crippen molar-refractivity contribution in [3.63, 3.8) is 0 Å². The first-order valence-corrected chi connectivity index (χ1v) is 7.49. The molecule has 0 fully saturated rings. The predicted molar refractivity (Wildman–Crippen MR) is 86.0 cm³/mol. The smallest absolute Gasteiger partial charge is 0.263 e. The number of aromatic nitrogens is 1. The summed E-state index contributed by atoms with van der Waals surface area (Å²) in [6, 6.07) is 11.4.